The highest BCUT2D eigenvalue weighted by molar-refractivity contribution is 7.21. The Kier molecular flexibility index (Phi) is 4.16. The summed E-state index contributed by atoms with van der Waals surface area (Å²) in [5.41, 5.74) is 4.93. The molecule has 0 amide bonds. The summed E-state index contributed by atoms with van der Waals surface area (Å²) in [4.78, 5) is 12.7. The predicted octanol–water partition coefficient (Wildman–Crippen LogP) is 5.86. The number of benzene rings is 1. The minimum atomic E-state index is 0.141. The van der Waals surface area contributed by atoms with Crippen LogP contribution in [0.3, 0.4) is 0 Å². The highest BCUT2D eigenvalue weighted by Crippen LogP contribution is 2.46. The Morgan fingerprint density at radius 3 is 2.48 bits per heavy atom. The summed E-state index contributed by atoms with van der Waals surface area (Å²) < 4.78 is 3.50. The number of rotatable bonds is 3. The molecule has 3 nitrogen and oxygen atoms in total. The number of phenols is 1. The quantitative estimate of drug-likeness (QED) is 0.599. The number of aromatic hydroxyl groups is 1. The molecular weight excluding hydrogens is 330 g/mol. The van der Waals surface area contributed by atoms with Gasteiger partial charge in [0.1, 0.15) is 5.75 Å². The molecule has 1 aliphatic rings. The minimum absolute atomic E-state index is 0.141. The molecule has 1 N–H and O–H groups in total. The lowest BCUT2D eigenvalue weighted by Crippen LogP contribution is -2.06. The zero-order valence-electron chi connectivity index (χ0n) is 14.7. The number of hydrogen-bond donors (Lipinski definition) is 1. The number of fused-ring (bicyclic) bond motifs is 1. The van der Waals surface area contributed by atoms with Gasteiger partial charge in [0.2, 0.25) is 0 Å². The lowest BCUT2D eigenvalue weighted by atomic mass is 9.83. The summed E-state index contributed by atoms with van der Waals surface area (Å²) in [6.45, 7) is 1.64. The van der Waals surface area contributed by atoms with Gasteiger partial charge in [-0.05, 0) is 67.1 Å². The summed E-state index contributed by atoms with van der Waals surface area (Å²) in [6, 6.07) is 9.53. The fourth-order valence-electron chi connectivity index (χ4n) is 4.14. The molecule has 1 aromatic carbocycles. The molecule has 3 aromatic rings. The molecule has 4 rings (SSSR count). The molecule has 25 heavy (non-hydrogen) atoms. The van der Waals surface area contributed by atoms with Crippen LogP contribution in [-0.2, 0) is 7.05 Å². The Bertz CT molecular complexity index is 927. The third kappa shape index (κ3) is 2.78. The van der Waals surface area contributed by atoms with E-state index in [1.165, 1.54) is 48.1 Å². The van der Waals surface area contributed by atoms with Gasteiger partial charge in [-0.15, -0.1) is 11.3 Å². The maximum absolute atomic E-state index is 11.9. The van der Waals surface area contributed by atoms with Crippen molar-refractivity contribution in [2.45, 2.75) is 44.9 Å². The van der Waals surface area contributed by atoms with Gasteiger partial charge in [0.15, 0.2) is 5.78 Å². The molecule has 1 saturated carbocycles. The minimum Gasteiger partial charge on any atom is -0.508 e. The molecule has 0 atom stereocenters. The average Bonchev–Trinajstić information content (AvgIpc) is 3.15. The molecular formula is C21H23NO2S. The zero-order valence-corrected chi connectivity index (χ0v) is 15.5. The first-order chi connectivity index (χ1) is 12.1. The number of carbonyl (C=O) groups excluding carboxylic acids is 1. The SMILES string of the molecule is CC(=O)c1cc2c(s1)c(C1CCCCC1)c(-c1ccc(O)cc1)n2C. The number of carbonyl (C=O) groups is 1. The molecule has 1 fully saturated rings. The van der Waals surface area contributed by atoms with Crippen LogP contribution in [0, 0.1) is 0 Å². The topological polar surface area (TPSA) is 42.2 Å². The molecule has 0 spiro atoms. The zero-order chi connectivity index (χ0) is 17.6. The Hall–Kier alpha value is -2.07. The molecule has 4 heteroatoms. The summed E-state index contributed by atoms with van der Waals surface area (Å²) in [5, 5.41) is 9.65. The van der Waals surface area contributed by atoms with Crippen LogP contribution in [0.5, 0.6) is 5.75 Å². The van der Waals surface area contributed by atoms with Gasteiger partial charge in [0.05, 0.1) is 20.8 Å². The van der Waals surface area contributed by atoms with E-state index in [9.17, 15) is 9.90 Å². The number of ketones is 1. The highest BCUT2D eigenvalue weighted by Gasteiger charge is 2.27. The van der Waals surface area contributed by atoms with Gasteiger partial charge in [-0.2, -0.15) is 0 Å². The Morgan fingerprint density at radius 2 is 1.84 bits per heavy atom. The average molecular weight is 353 g/mol. The van der Waals surface area contributed by atoms with Gasteiger partial charge in [-0.1, -0.05) is 19.3 Å². The number of thiophene rings is 1. The van der Waals surface area contributed by atoms with E-state index in [0.29, 0.717) is 5.92 Å². The van der Waals surface area contributed by atoms with Crippen molar-refractivity contribution in [2.24, 2.45) is 7.05 Å². The summed E-state index contributed by atoms with van der Waals surface area (Å²) >= 11 is 1.64. The lowest BCUT2D eigenvalue weighted by molar-refractivity contribution is 0.102. The van der Waals surface area contributed by atoms with Crippen molar-refractivity contribution in [1.82, 2.24) is 4.57 Å². The Labute approximate surface area is 151 Å². The van der Waals surface area contributed by atoms with Crippen LogP contribution in [-0.4, -0.2) is 15.5 Å². The first-order valence-electron chi connectivity index (χ1n) is 8.98. The maximum atomic E-state index is 11.9. The van der Waals surface area contributed by atoms with Crippen molar-refractivity contribution < 1.29 is 9.90 Å². The van der Waals surface area contributed by atoms with Crippen molar-refractivity contribution in [3.63, 3.8) is 0 Å². The van der Waals surface area contributed by atoms with Gasteiger partial charge in [0, 0.05) is 7.05 Å². The van der Waals surface area contributed by atoms with Crippen LogP contribution in [0.1, 0.15) is 60.2 Å². The predicted molar refractivity (Wildman–Crippen MR) is 104 cm³/mol. The summed E-state index contributed by atoms with van der Waals surface area (Å²) in [6.07, 6.45) is 6.32. The second-order valence-corrected chi connectivity index (χ2v) is 8.14. The first-order valence-corrected chi connectivity index (χ1v) is 9.80. The number of aromatic nitrogens is 1. The molecule has 2 heterocycles. The monoisotopic (exact) mass is 353 g/mol. The Balaban J connectivity index is 1.96. The van der Waals surface area contributed by atoms with E-state index >= 15 is 0 Å². The fourth-order valence-corrected chi connectivity index (χ4v) is 5.35. The third-order valence-corrected chi connectivity index (χ3v) is 6.67. The molecule has 0 radical (unpaired) electrons. The number of aryl methyl sites for hydroxylation is 1. The van der Waals surface area contributed by atoms with E-state index in [1.807, 2.05) is 18.2 Å². The normalized spacial score (nSPS) is 15.8. The van der Waals surface area contributed by atoms with Crippen LogP contribution in [0.4, 0.5) is 0 Å². The standard InChI is InChI=1S/C21H23NO2S/c1-13(23)18-12-17-21(25-18)19(14-6-4-3-5-7-14)20(22(17)2)15-8-10-16(24)11-9-15/h8-12,14,24H,3-7H2,1-2H3. The van der Waals surface area contributed by atoms with E-state index in [0.717, 1.165) is 16.0 Å². The number of hydrogen-bond acceptors (Lipinski definition) is 3. The largest absolute Gasteiger partial charge is 0.508 e. The van der Waals surface area contributed by atoms with E-state index in [4.69, 9.17) is 0 Å². The molecule has 130 valence electrons. The van der Waals surface area contributed by atoms with Gasteiger partial charge >= 0.3 is 0 Å². The number of Topliss-reactive ketones (excluding diaryl/α,β-unsaturated/α-hetero) is 1. The fraction of sp³-hybridized carbons (Fsp3) is 0.381. The van der Waals surface area contributed by atoms with Crippen LogP contribution in [0.15, 0.2) is 30.3 Å². The summed E-state index contributed by atoms with van der Waals surface area (Å²) in [5.74, 6) is 0.986. The molecule has 0 bridgehead atoms. The van der Waals surface area contributed by atoms with Crippen molar-refractivity contribution >= 4 is 27.3 Å². The second kappa shape index (κ2) is 6.34. The van der Waals surface area contributed by atoms with E-state index in [1.54, 1.807) is 30.4 Å². The van der Waals surface area contributed by atoms with Gasteiger partial charge < -0.3 is 9.67 Å². The van der Waals surface area contributed by atoms with Gasteiger partial charge in [-0.3, -0.25) is 4.79 Å². The Morgan fingerprint density at radius 1 is 1.16 bits per heavy atom. The number of phenolic OH excluding ortho intramolecular Hbond substituents is 1. The van der Waals surface area contributed by atoms with E-state index in [-0.39, 0.29) is 11.5 Å². The van der Waals surface area contributed by atoms with Crippen LogP contribution in [0.25, 0.3) is 21.5 Å². The molecule has 0 saturated heterocycles. The van der Waals surface area contributed by atoms with Crippen LogP contribution >= 0.6 is 11.3 Å². The van der Waals surface area contributed by atoms with E-state index < -0.39 is 0 Å². The maximum Gasteiger partial charge on any atom is 0.169 e. The first kappa shape index (κ1) is 16.4. The molecule has 2 aromatic heterocycles. The molecule has 0 aliphatic heterocycles. The van der Waals surface area contributed by atoms with Crippen molar-refractivity contribution in [3.05, 3.63) is 40.8 Å². The second-order valence-electron chi connectivity index (χ2n) is 7.08. The van der Waals surface area contributed by atoms with Gasteiger partial charge in [-0.25, -0.2) is 0 Å². The lowest BCUT2D eigenvalue weighted by Gasteiger charge is -2.23. The molecule has 0 unspecified atom stereocenters. The van der Waals surface area contributed by atoms with Crippen molar-refractivity contribution in [1.29, 1.82) is 0 Å². The van der Waals surface area contributed by atoms with Gasteiger partial charge in [0.25, 0.3) is 0 Å². The summed E-state index contributed by atoms with van der Waals surface area (Å²) in [7, 11) is 2.09. The van der Waals surface area contributed by atoms with Crippen LogP contribution < -0.4 is 0 Å². The van der Waals surface area contributed by atoms with Crippen molar-refractivity contribution in [2.75, 3.05) is 0 Å². The third-order valence-electron chi connectivity index (χ3n) is 5.41. The van der Waals surface area contributed by atoms with Crippen molar-refractivity contribution in [3.8, 4) is 17.0 Å². The van der Waals surface area contributed by atoms with Crippen LogP contribution in [0.2, 0.25) is 0 Å². The number of nitrogens with zero attached hydrogens (tertiary/aromatic N) is 1. The highest BCUT2D eigenvalue weighted by atomic mass is 32.1. The molecule has 1 aliphatic carbocycles. The smallest absolute Gasteiger partial charge is 0.169 e. The van der Waals surface area contributed by atoms with E-state index in [2.05, 4.69) is 11.6 Å².